The van der Waals surface area contributed by atoms with Gasteiger partial charge in [-0.05, 0) is 36.8 Å². The topological polar surface area (TPSA) is 29.5 Å². The SMILES string of the molecule is C[C@H](O)c1ccc(Oc2cccc(F)c2)cc1. The zero-order valence-corrected chi connectivity index (χ0v) is 9.43. The van der Waals surface area contributed by atoms with Gasteiger partial charge >= 0.3 is 0 Å². The van der Waals surface area contributed by atoms with Crippen LogP contribution in [-0.2, 0) is 0 Å². The molecule has 0 saturated carbocycles. The summed E-state index contributed by atoms with van der Waals surface area (Å²) in [6.07, 6.45) is -0.502. The second-order valence-electron chi connectivity index (χ2n) is 3.80. The second kappa shape index (κ2) is 4.97. The van der Waals surface area contributed by atoms with Crippen molar-refractivity contribution in [3.63, 3.8) is 0 Å². The molecule has 0 aliphatic heterocycles. The summed E-state index contributed by atoms with van der Waals surface area (Å²) in [7, 11) is 0. The summed E-state index contributed by atoms with van der Waals surface area (Å²) in [6, 6.07) is 13.0. The third-order valence-electron chi connectivity index (χ3n) is 2.39. The summed E-state index contributed by atoms with van der Waals surface area (Å²) < 4.78 is 18.4. The second-order valence-corrected chi connectivity index (χ2v) is 3.80. The van der Waals surface area contributed by atoms with Gasteiger partial charge in [0.15, 0.2) is 0 Å². The van der Waals surface area contributed by atoms with Crippen molar-refractivity contribution in [2.75, 3.05) is 0 Å². The Balaban J connectivity index is 2.14. The molecule has 0 bridgehead atoms. The average Bonchev–Trinajstić information content (AvgIpc) is 2.29. The number of hydrogen-bond donors (Lipinski definition) is 1. The van der Waals surface area contributed by atoms with Gasteiger partial charge < -0.3 is 9.84 Å². The van der Waals surface area contributed by atoms with Crippen LogP contribution in [0.3, 0.4) is 0 Å². The molecule has 0 fully saturated rings. The van der Waals surface area contributed by atoms with Crippen molar-refractivity contribution >= 4 is 0 Å². The molecule has 0 aliphatic rings. The van der Waals surface area contributed by atoms with Crippen molar-refractivity contribution in [3.05, 3.63) is 59.9 Å². The minimum absolute atomic E-state index is 0.330. The number of ether oxygens (including phenoxy) is 1. The average molecular weight is 232 g/mol. The molecule has 0 aliphatic carbocycles. The van der Waals surface area contributed by atoms with Crippen LogP contribution in [0.2, 0.25) is 0 Å². The molecular formula is C14H13FO2. The molecular weight excluding hydrogens is 219 g/mol. The van der Waals surface area contributed by atoms with Gasteiger partial charge in [0.25, 0.3) is 0 Å². The first kappa shape index (κ1) is 11.6. The van der Waals surface area contributed by atoms with E-state index in [4.69, 9.17) is 4.74 Å². The van der Waals surface area contributed by atoms with Crippen LogP contribution < -0.4 is 4.74 Å². The summed E-state index contributed by atoms with van der Waals surface area (Å²) in [5.74, 6) is 0.734. The Bertz CT molecular complexity index is 492. The standard InChI is InChI=1S/C14H13FO2/c1-10(16)11-5-7-13(8-6-11)17-14-4-2-3-12(15)9-14/h2-10,16H,1H3/t10-/m0/s1. The molecule has 0 saturated heterocycles. The van der Waals surface area contributed by atoms with Crippen LogP contribution in [-0.4, -0.2) is 5.11 Å². The molecule has 1 atom stereocenters. The van der Waals surface area contributed by atoms with E-state index in [0.717, 1.165) is 5.56 Å². The van der Waals surface area contributed by atoms with Crippen LogP contribution >= 0.6 is 0 Å². The number of benzene rings is 2. The largest absolute Gasteiger partial charge is 0.457 e. The molecule has 3 heteroatoms. The summed E-state index contributed by atoms with van der Waals surface area (Å²) in [5, 5.41) is 9.35. The maximum absolute atomic E-state index is 12.9. The molecule has 0 radical (unpaired) electrons. The highest BCUT2D eigenvalue weighted by molar-refractivity contribution is 5.33. The van der Waals surface area contributed by atoms with Gasteiger partial charge in [-0.15, -0.1) is 0 Å². The Labute approximate surface area is 99.3 Å². The van der Waals surface area contributed by atoms with Gasteiger partial charge in [-0.2, -0.15) is 0 Å². The van der Waals surface area contributed by atoms with E-state index >= 15 is 0 Å². The van der Waals surface area contributed by atoms with Gasteiger partial charge in [-0.25, -0.2) is 4.39 Å². The van der Waals surface area contributed by atoms with E-state index in [0.29, 0.717) is 11.5 Å². The molecule has 2 aromatic carbocycles. The predicted octanol–water partition coefficient (Wildman–Crippen LogP) is 3.67. The molecule has 2 rings (SSSR count). The molecule has 1 N–H and O–H groups in total. The van der Waals surface area contributed by atoms with Crippen molar-refractivity contribution < 1.29 is 14.2 Å². The van der Waals surface area contributed by atoms with Crippen molar-refractivity contribution in [1.82, 2.24) is 0 Å². The fourth-order valence-electron chi connectivity index (χ4n) is 1.48. The smallest absolute Gasteiger partial charge is 0.130 e. The van der Waals surface area contributed by atoms with Gasteiger partial charge in [0, 0.05) is 6.07 Å². The first-order valence-corrected chi connectivity index (χ1v) is 5.36. The fourth-order valence-corrected chi connectivity index (χ4v) is 1.48. The van der Waals surface area contributed by atoms with Crippen LogP contribution in [0.15, 0.2) is 48.5 Å². The minimum Gasteiger partial charge on any atom is -0.457 e. The van der Waals surface area contributed by atoms with Crippen LogP contribution in [0.4, 0.5) is 4.39 Å². The van der Waals surface area contributed by atoms with Crippen LogP contribution in [0.1, 0.15) is 18.6 Å². The highest BCUT2D eigenvalue weighted by atomic mass is 19.1. The van der Waals surface area contributed by atoms with Gasteiger partial charge in [-0.1, -0.05) is 18.2 Å². The zero-order chi connectivity index (χ0) is 12.3. The molecule has 17 heavy (non-hydrogen) atoms. The van der Waals surface area contributed by atoms with E-state index in [2.05, 4.69) is 0 Å². The Morgan fingerprint density at radius 3 is 2.35 bits per heavy atom. The summed E-state index contributed by atoms with van der Waals surface area (Å²) in [6.45, 7) is 1.70. The van der Waals surface area contributed by atoms with Gasteiger partial charge in [0.05, 0.1) is 6.10 Å². The lowest BCUT2D eigenvalue weighted by Gasteiger charge is -2.08. The van der Waals surface area contributed by atoms with E-state index in [9.17, 15) is 9.50 Å². The highest BCUT2D eigenvalue weighted by Crippen LogP contribution is 2.23. The molecule has 0 spiro atoms. The normalized spacial score (nSPS) is 12.2. The number of rotatable bonds is 3. The van der Waals surface area contributed by atoms with Crippen LogP contribution in [0.5, 0.6) is 11.5 Å². The lowest BCUT2D eigenvalue weighted by Crippen LogP contribution is -1.91. The first-order chi connectivity index (χ1) is 8.15. The summed E-state index contributed by atoms with van der Waals surface area (Å²) in [5.41, 5.74) is 0.816. The number of halogens is 1. The maximum atomic E-state index is 12.9. The van der Waals surface area contributed by atoms with Crippen molar-refractivity contribution in [2.24, 2.45) is 0 Å². The first-order valence-electron chi connectivity index (χ1n) is 5.36. The highest BCUT2D eigenvalue weighted by Gasteiger charge is 2.02. The summed E-state index contributed by atoms with van der Waals surface area (Å²) >= 11 is 0. The van der Waals surface area contributed by atoms with E-state index in [1.807, 2.05) is 0 Å². The van der Waals surface area contributed by atoms with Gasteiger partial charge in [0.1, 0.15) is 17.3 Å². The Morgan fingerprint density at radius 1 is 1.06 bits per heavy atom. The van der Waals surface area contributed by atoms with Crippen LogP contribution in [0, 0.1) is 5.82 Å². The number of aliphatic hydroxyl groups is 1. The molecule has 0 heterocycles. The van der Waals surface area contributed by atoms with Crippen molar-refractivity contribution in [2.45, 2.75) is 13.0 Å². The lowest BCUT2D eigenvalue weighted by molar-refractivity contribution is 0.199. The maximum Gasteiger partial charge on any atom is 0.130 e. The molecule has 2 nitrogen and oxygen atoms in total. The summed E-state index contributed by atoms with van der Waals surface area (Å²) in [4.78, 5) is 0. The molecule has 88 valence electrons. The van der Waals surface area contributed by atoms with Gasteiger partial charge in [0.2, 0.25) is 0 Å². The van der Waals surface area contributed by atoms with Crippen molar-refractivity contribution in [1.29, 1.82) is 0 Å². The molecule has 0 amide bonds. The Hall–Kier alpha value is -1.87. The lowest BCUT2D eigenvalue weighted by atomic mass is 10.1. The van der Waals surface area contributed by atoms with Crippen molar-refractivity contribution in [3.8, 4) is 11.5 Å². The predicted molar refractivity (Wildman–Crippen MR) is 63.5 cm³/mol. The Kier molecular flexibility index (Phi) is 3.40. The van der Waals surface area contributed by atoms with E-state index < -0.39 is 6.10 Å². The van der Waals surface area contributed by atoms with E-state index in [1.54, 1.807) is 43.3 Å². The quantitative estimate of drug-likeness (QED) is 0.874. The van der Waals surface area contributed by atoms with Gasteiger partial charge in [-0.3, -0.25) is 0 Å². The monoisotopic (exact) mass is 232 g/mol. The van der Waals surface area contributed by atoms with E-state index in [1.165, 1.54) is 12.1 Å². The number of aliphatic hydroxyl groups excluding tert-OH is 1. The van der Waals surface area contributed by atoms with Crippen LogP contribution in [0.25, 0.3) is 0 Å². The third-order valence-corrected chi connectivity index (χ3v) is 2.39. The van der Waals surface area contributed by atoms with E-state index in [-0.39, 0.29) is 5.82 Å². The molecule has 2 aromatic rings. The minimum atomic E-state index is -0.502. The number of hydrogen-bond acceptors (Lipinski definition) is 2. The third kappa shape index (κ3) is 3.04. The fraction of sp³-hybridized carbons (Fsp3) is 0.143. The molecule has 0 aromatic heterocycles. The zero-order valence-electron chi connectivity index (χ0n) is 9.43. The molecule has 0 unspecified atom stereocenters. The Morgan fingerprint density at radius 2 is 1.76 bits per heavy atom.